The van der Waals surface area contributed by atoms with Crippen LogP contribution in [0, 0.1) is 0 Å². The van der Waals surface area contributed by atoms with Gasteiger partial charge < -0.3 is 15.5 Å². The molecule has 104 valence electrons. The summed E-state index contributed by atoms with van der Waals surface area (Å²) in [4.78, 5) is 23.7. The molecule has 0 radical (unpaired) electrons. The predicted octanol–water partition coefficient (Wildman–Crippen LogP) is 0.0958. The number of pyridine rings is 1. The molecule has 0 atom stereocenters. The molecule has 0 saturated heterocycles. The van der Waals surface area contributed by atoms with Gasteiger partial charge in [0.1, 0.15) is 5.69 Å². The maximum absolute atomic E-state index is 11.8. The molecule has 0 saturated carbocycles. The smallest absolute Gasteiger partial charge is 0.271 e. The van der Waals surface area contributed by atoms with Crippen molar-refractivity contribution in [1.82, 2.24) is 20.3 Å². The standard InChI is InChI=1S/C12H14N6O2/c1-20-11-3-2-8(4-16-11)5-17-12(19)9-6-15-10(18-13)7-14-9/h2-4,6-7H,5,13H2,1H3,(H,15,18)(H,17,19). The molecule has 0 aliphatic heterocycles. The molecular formula is C12H14N6O2. The summed E-state index contributed by atoms with van der Waals surface area (Å²) < 4.78 is 4.95. The number of aromatic nitrogens is 3. The fourth-order valence-electron chi connectivity index (χ4n) is 1.43. The van der Waals surface area contributed by atoms with E-state index in [2.05, 4.69) is 25.7 Å². The zero-order valence-corrected chi connectivity index (χ0v) is 10.8. The Labute approximate surface area is 115 Å². The molecule has 8 nitrogen and oxygen atoms in total. The van der Waals surface area contributed by atoms with Crippen molar-refractivity contribution in [3.8, 4) is 5.88 Å². The molecule has 8 heteroatoms. The number of carbonyl (C=O) groups excluding carboxylic acids is 1. The van der Waals surface area contributed by atoms with Crippen LogP contribution in [-0.4, -0.2) is 28.0 Å². The Morgan fingerprint density at radius 2 is 2.10 bits per heavy atom. The molecule has 0 bridgehead atoms. The number of amides is 1. The van der Waals surface area contributed by atoms with Gasteiger partial charge in [-0.3, -0.25) is 4.79 Å². The van der Waals surface area contributed by atoms with Crippen LogP contribution >= 0.6 is 0 Å². The van der Waals surface area contributed by atoms with Crippen molar-refractivity contribution >= 4 is 11.7 Å². The zero-order chi connectivity index (χ0) is 14.4. The Hall–Kier alpha value is -2.74. The van der Waals surface area contributed by atoms with Gasteiger partial charge in [-0.1, -0.05) is 6.07 Å². The van der Waals surface area contributed by atoms with Crippen LogP contribution in [0.4, 0.5) is 5.82 Å². The van der Waals surface area contributed by atoms with Gasteiger partial charge in [0.05, 0.1) is 19.5 Å². The Balaban J connectivity index is 1.93. The van der Waals surface area contributed by atoms with Crippen molar-refractivity contribution in [2.45, 2.75) is 6.54 Å². The quantitative estimate of drug-likeness (QED) is 0.523. The van der Waals surface area contributed by atoms with Crippen LogP contribution < -0.4 is 21.3 Å². The Kier molecular flexibility index (Phi) is 4.40. The molecule has 0 aromatic carbocycles. The van der Waals surface area contributed by atoms with Crippen LogP contribution in [0.3, 0.4) is 0 Å². The fourth-order valence-corrected chi connectivity index (χ4v) is 1.43. The first-order valence-electron chi connectivity index (χ1n) is 5.78. The second-order valence-corrected chi connectivity index (χ2v) is 3.82. The summed E-state index contributed by atoms with van der Waals surface area (Å²) in [6.07, 6.45) is 4.35. The lowest BCUT2D eigenvalue weighted by atomic mass is 10.3. The van der Waals surface area contributed by atoms with Gasteiger partial charge in [0.25, 0.3) is 5.91 Å². The first kappa shape index (κ1) is 13.7. The molecule has 2 heterocycles. The van der Waals surface area contributed by atoms with Gasteiger partial charge in [-0.05, 0) is 5.56 Å². The minimum absolute atomic E-state index is 0.213. The van der Waals surface area contributed by atoms with Crippen molar-refractivity contribution in [2.75, 3.05) is 12.5 Å². The van der Waals surface area contributed by atoms with Gasteiger partial charge >= 0.3 is 0 Å². The van der Waals surface area contributed by atoms with Crippen molar-refractivity contribution in [3.63, 3.8) is 0 Å². The molecule has 2 aromatic rings. The van der Waals surface area contributed by atoms with E-state index in [0.29, 0.717) is 18.2 Å². The van der Waals surface area contributed by atoms with E-state index in [1.807, 2.05) is 6.07 Å². The SMILES string of the molecule is COc1ccc(CNC(=O)c2cnc(NN)cn2)cn1. The van der Waals surface area contributed by atoms with Gasteiger partial charge in [0.2, 0.25) is 5.88 Å². The molecule has 0 spiro atoms. The minimum atomic E-state index is -0.322. The number of nitrogen functional groups attached to an aromatic ring is 1. The van der Waals surface area contributed by atoms with Crippen LogP contribution in [0.1, 0.15) is 16.1 Å². The van der Waals surface area contributed by atoms with Gasteiger partial charge in [0.15, 0.2) is 5.82 Å². The number of nitrogens with zero attached hydrogens (tertiary/aromatic N) is 3. The second-order valence-electron chi connectivity index (χ2n) is 3.82. The van der Waals surface area contributed by atoms with Gasteiger partial charge in [0, 0.05) is 18.8 Å². The Morgan fingerprint density at radius 1 is 1.25 bits per heavy atom. The molecule has 1 amide bonds. The lowest BCUT2D eigenvalue weighted by molar-refractivity contribution is 0.0945. The summed E-state index contributed by atoms with van der Waals surface area (Å²) in [5.74, 6) is 5.76. The van der Waals surface area contributed by atoms with Gasteiger partial charge in [-0.2, -0.15) is 0 Å². The number of nitrogens with one attached hydrogen (secondary N) is 2. The fraction of sp³-hybridized carbons (Fsp3) is 0.167. The van der Waals surface area contributed by atoms with Crippen molar-refractivity contribution < 1.29 is 9.53 Å². The van der Waals surface area contributed by atoms with Gasteiger partial charge in [-0.25, -0.2) is 20.8 Å². The van der Waals surface area contributed by atoms with E-state index in [1.165, 1.54) is 12.4 Å². The number of rotatable bonds is 5. The van der Waals surface area contributed by atoms with Crippen molar-refractivity contribution in [1.29, 1.82) is 0 Å². The average Bonchev–Trinajstić information content (AvgIpc) is 2.53. The maximum atomic E-state index is 11.8. The summed E-state index contributed by atoms with van der Waals surface area (Å²) in [5.41, 5.74) is 3.40. The normalized spacial score (nSPS) is 9.90. The molecule has 20 heavy (non-hydrogen) atoms. The zero-order valence-electron chi connectivity index (χ0n) is 10.8. The van der Waals surface area contributed by atoms with E-state index in [1.54, 1.807) is 19.4 Å². The first-order chi connectivity index (χ1) is 9.72. The number of methoxy groups -OCH3 is 1. The number of ether oxygens (including phenoxy) is 1. The molecule has 0 unspecified atom stereocenters. The number of hydrazine groups is 1. The monoisotopic (exact) mass is 274 g/mol. The van der Waals surface area contributed by atoms with E-state index in [9.17, 15) is 4.79 Å². The highest BCUT2D eigenvalue weighted by Crippen LogP contribution is 2.06. The van der Waals surface area contributed by atoms with E-state index >= 15 is 0 Å². The Morgan fingerprint density at radius 3 is 2.65 bits per heavy atom. The van der Waals surface area contributed by atoms with Crippen molar-refractivity contribution in [2.24, 2.45) is 5.84 Å². The lowest BCUT2D eigenvalue weighted by Gasteiger charge is -2.05. The number of nitrogens with two attached hydrogens (primary N) is 1. The van der Waals surface area contributed by atoms with E-state index < -0.39 is 0 Å². The molecule has 2 aromatic heterocycles. The number of anilines is 1. The van der Waals surface area contributed by atoms with Crippen LogP contribution in [-0.2, 0) is 6.54 Å². The predicted molar refractivity (Wildman–Crippen MR) is 71.8 cm³/mol. The lowest BCUT2D eigenvalue weighted by Crippen LogP contribution is -2.24. The summed E-state index contributed by atoms with van der Waals surface area (Å²) in [6, 6.07) is 3.54. The number of hydrogen-bond acceptors (Lipinski definition) is 7. The first-order valence-corrected chi connectivity index (χ1v) is 5.78. The van der Waals surface area contributed by atoms with Gasteiger partial charge in [-0.15, -0.1) is 0 Å². The summed E-state index contributed by atoms with van der Waals surface area (Å²) in [7, 11) is 1.54. The van der Waals surface area contributed by atoms with Crippen LogP contribution in [0.15, 0.2) is 30.7 Å². The second kappa shape index (κ2) is 6.43. The van der Waals surface area contributed by atoms with Crippen LogP contribution in [0.25, 0.3) is 0 Å². The summed E-state index contributed by atoms with van der Waals surface area (Å²) in [5, 5.41) is 2.72. The minimum Gasteiger partial charge on any atom is -0.481 e. The van der Waals surface area contributed by atoms with Crippen LogP contribution in [0.5, 0.6) is 5.88 Å². The van der Waals surface area contributed by atoms with E-state index in [4.69, 9.17) is 10.6 Å². The number of carbonyl (C=O) groups is 1. The third-order valence-corrected chi connectivity index (χ3v) is 2.49. The molecule has 4 N–H and O–H groups in total. The third-order valence-electron chi connectivity index (χ3n) is 2.49. The molecule has 0 fully saturated rings. The Bertz CT molecular complexity index is 570. The van der Waals surface area contributed by atoms with E-state index in [0.717, 1.165) is 5.56 Å². The summed E-state index contributed by atoms with van der Waals surface area (Å²) in [6.45, 7) is 0.342. The maximum Gasteiger partial charge on any atom is 0.271 e. The highest BCUT2D eigenvalue weighted by Gasteiger charge is 2.07. The largest absolute Gasteiger partial charge is 0.481 e. The number of hydrogen-bond donors (Lipinski definition) is 3. The van der Waals surface area contributed by atoms with Crippen molar-refractivity contribution in [3.05, 3.63) is 42.0 Å². The average molecular weight is 274 g/mol. The van der Waals surface area contributed by atoms with E-state index in [-0.39, 0.29) is 11.6 Å². The highest BCUT2D eigenvalue weighted by atomic mass is 16.5. The summed E-state index contributed by atoms with van der Waals surface area (Å²) >= 11 is 0. The molecule has 0 aliphatic rings. The topological polar surface area (TPSA) is 115 Å². The molecule has 0 aliphatic carbocycles. The molecule has 2 rings (SSSR count). The molecular weight excluding hydrogens is 260 g/mol. The third kappa shape index (κ3) is 3.39. The highest BCUT2D eigenvalue weighted by molar-refractivity contribution is 5.91. The van der Waals surface area contributed by atoms with Crippen LogP contribution in [0.2, 0.25) is 0 Å².